The van der Waals surface area contributed by atoms with Crippen molar-refractivity contribution < 1.29 is 8.42 Å². The third kappa shape index (κ3) is 4.15. The van der Waals surface area contributed by atoms with Gasteiger partial charge in [-0.1, -0.05) is 0 Å². The Bertz CT molecular complexity index is 535. The molecule has 0 radical (unpaired) electrons. The lowest BCUT2D eigenvalue weighted by atomic mass is 10.4. The summed E-state index contributed by atoms with van der Waals surface area (Å²) in [6, 6.07) is 0.648. The molecule has 0 unspecified atom stereocenters. The molecule has 118 valence electrons. The van der Waals surface area contributed by atoms with Gasteiger partial charge in [-0.15, -0.1) is 11.3 Å². The van der Waals surface area contributed by atoms with Crippen molar-refractivity contribution >= 4 is 26.5 Å². The Kier molecular flexibility index (Phi) is 4.78. The van der Waals surface area contributed by atoms with Gasteiger partial charge in [-0.25, -0.2) is 13.4 Å². The van der Waals surface area contributed by atoms with Crippen LogP contribution >= 0.6 is 11.3 Å². The molecule has 2 fully saturated rings. The molecule has 1 aliphatic carbocycles. The third-order valence-corrected chi connectivity index (χ3v) is 6.70. The molecule has 2 aliphatic rings. The van der Waals surface area contributed by atoms with Gasteiger partial charge in [0.2, 0.25) is 10.0 Å². The van der Waals surface area contributed by atoms with E-state index >= 15 is 0 Å². The van der Waals surface area contributed by atoms with E-state index < -0.39 is 10.0 Å². The third-order valence-electron chi connectivity index (χ3n) is 3.91. The van der Waals surface area contributed by atoms with Crippen LogP contribution in [0.3, 0.4) is 0 Å². The molecule has 1 aromatic heterocycles. The van der Waals surface area contributed by atoms with Crippen LogP contribution in [-0.2, 0) is 10.0 Å². The predicted octanol–water partition coefficient (Wildman–Crippen LogP) is 0.737. The Hall–Kier alpha value is -0.700. The zero-order valence-electron chi connectivity index (χ0n) is 12.1. The number of rotatable bonds is 7. The molecule has 0 bridgehead atoms. The molecular formula is C13H22N4O2S2. The fourth-order valence-corrected chi connectivity index (χ4v) is 4.69. The maximum absolute atomic E-state index is 12.3. The van der Waals surface area contributed by atoms with E-state index in [9.17, 15) is 8.42 Å². The van der Waals surface area contributed by atoms with E-state index in [2.05, 4.69) is 15.2 Å². The summed E-state index contributed by atoms with van der Waals surface area (Å²) in [4.78, 5) is 6.44. The molecule has 1 N–H and O–H groups in total. The highest BCUT2D eigenvalue weighted by Gasteiger charge is 2.27. The Morgan fingerprint density at radius 3 is 2.67 bits per heavy atom. The van der Waals surface area contributed by atoms with E-state index in [0.29, 0.717) is 25.6 Å². The smallest absolute Gasteiger partial charge is 0.214 e. The Balaban J connectivity index is 1.43. The number of hydrogen-bond acceptors (Lipinski definition) is 6. The first kappa shape index (κ1) is 15.2. The summed E-state index contributed by atoms with van der Waals surface area (Å²) in [5.41, 5.74) is 0. The Labute approximate surface area is 130 Å². The highest BCUT2D eigenvalue weighted by Crippen LogP contribution is 2.20. The first-order chi connectivity index (χ1) is 10.1. The number of aromatic nitrogens is 1. The zero-order valence-corrected chi connectivity index (χ0v) is 13.7. The highest BCUT2D eigenvalue weighted by atomic mass is 32.2. The number of anilines is 1. The van der Waals surface area contributed by atoms with Crippen LogP contribution in [0.25, 0.3) is 0 Å². The first-order valence-corrected chi connectivity index (χ1v) is 10.00. The maximum atomic E-state index is 12.3. The van der Waals surface area contributed by atoms with Crippen molar-refractivity contribution in [2.75, 3.05) is 43.4 Å². The van der Waals surface area contributed by atoms with E-state index in [1.54, 1.807) is 21.8 Å². The van der Waals surface area contributed by atoms with E-state index in [0.717, 1.165) is 24.8 Å². The van der Waals surface area contributed by atoms with Crippen molar-refractivity contribution in [2.45, 2.75) is 25.3 Å². The minimum absolute atomic E-state index is 0.254. The van der Waals surface area contributed by atoms with E-state index in [-0.39, 0.29) is 5.75 Å². The average Bonchev–Trinajstić information content (AvgIpc) is 3.15. The minimum atomic E-state index is -3.10. The van der Waals surface area contributed by atoms with Gasteiger partial charge in [0, 0.05) is 43.8 Å². The standard InChI is InChI=1S/C13H22N4O2S2/c18-21(19,11-1-4-14-12-2-3-12)17-8-6-16(7-9-17)13-15-5-10-20-13/h5,10,12,14H,1-4,6-9,11H2. The lowest BCUT2D eigenvalue weighted by Crippen LogP contribution is -2.49. The molecule has 6 nitrogen and oxygen atoms in total. The summed E-state index contributed by atoms with van der Waals surface area (Å²) in [7, 11) is -3.10. The number of hydrogen-bond donors (Lipinski definition) is 1. The van der Waals surface area contributed by atoms with Gasteiger partial charge >= 0.3 is 0 Å². The summed E-state index contributed by atoms with van der Waals surface area (Å²) in [6.07, 6.45) is 4.97. The van der Waals surface area contributed by atoms with Gasteiger partial charge in [0.15, 0.2) is 5.13 Å². The largest absolute Gasteiger partial charge is 0.345 e. The number of sulfonamides is 1. The van der Waals surface area contributed by atoms with Crippen LogP contribution in [0.5, 0.6) is 0 Å². The monoisotopic (exact) mass is 330 g/mol. The van der Waals surface area contributed by atoms with Crippen LogP contribution in [0.15, 0.2) is 11.6 Å². The molecule has 0 aromatic carbocycles. The summed E-state index contributed by atoms with van der Waals surface area (Å²) < 4.78 is 26.2. The van der Waals surface area contributed by atoms with Gasteiger partial charge in [-0.05, 0) is 25.8 Å². The lowest BCUT2D eigenvalue weighted by Gasteiger charge is -2.33. The number of piperazine rings is 1. The van der Waals surface area contributed by atoms with Crippen LogP contribution in [0.1, 0.15) is 19.3 Å². The predicted molar refractivity (Wildman–Crippen MR) is 85.3 cm³/mol. The molecule has 8 heteroatoms. The van der Waals surface area contributed by atoms with E-state index in [1.807, 2.05) is 5.38 Å². The quantitative estimate of drug-likeness (QED) is 0.747. The van der Waals surface area contributed by atoms with Crippen molar-refractivity contribution in [2.24, 2.45) is 0 Å². The highest BCUT2D eigenvalue weighted by molar-refractivity contribution is 7.89. The molecule has 0 spiro atoms. The zero-order chi connectivity index (χ0) is 14.7. The second kappa shape index (κ2) is 6.60. The summed E-state index contributed by atoms with van der Waals surface area (Å²) in [5.74, 6) is 0.254. The Morgan fingerprint density at radius 2 is 2.05 bits per heavy atom. The molecule has 3 rings (SSSR count). The molecular weight excluding hydrogens is 308 g/mol. The SMILES string of the molecule is O=S(=O)(CCCNC1CC1)N1CCN(c2nccs2)CC1. The molecule has 0 amide bonds. The van der Waals surface area contributed by atoms with Gasteiger partial charge in [0.05, 0.1) is 5.75 Å². The second-order valence-corrected chi connectivity index (χ2v) is 8.56. The van der Waals surface area contributed by atoms with Gasteiger partial charge < -0.3 is 10.2 Å². The van der Waals surface area contributed by atoms with Gasteiger partial charge in [0.1, 0.15) is 0 Å². The Morgan fingerprint density at radius 1 is 1.29 bits per heavy atom. The van der Waals surface area contributed by atoms with Crippen molar-refractivity contribution in [1.29, 1.82) is 0 Å². The number of nitrogens with zero attached hydrogens (tertiary/aromatic N) is 3. The van der Waals surface area contributed by atoms with E-state index in [4.69, 9.17) is 0 Å². The molecule has 1 aliphatic heterocycles. The molecule has 1 saturated heterocycles. The van der Waals surface area contributed by atoms with Crippen molar-refractivity contribution in [3.63, 3.8) is 0 Å². The summed E-state index contributed by atoms with van der Waals surface area (Å²) >= 11 is 1.60. The molecule has 2 heterocycles. The van der Waals surface area contributed by atoms with Crippen LogP contribution in [0.2, 0.25) is 0 Å². The molecule has 0 atom stereocenters. The fraction of sp³-hybridized carbons (Fsp3) is 0.769. The molecule has 1 saturated carbocycles. The van der Waals surface area contributed by atoms with Crippen LogP contribution < -0.4 is 10.2 Å². The van der Waals surface area contributed by atoms with Gasteiger partial charge in [-0.2, -0.15) is 4.31 Å². The summed E-state index contributed by atoms with van der Waals surface area (Å²) in [6.45, 7) is 3.40. The lowest BCUT2D eigenvalue weighted by molar-refractivity contribution is 0.384. The number of thiazole rings is 1. The normalized spacial score (nSPS) is 20.9. The topological polar surface area (TPSA) is 65.5 Å². The van der Waals surface area contributed by atoms with Gasteiger partial charge in [0.25, 0.3) is 0 Å². The minimum Gasteiger partial charge on any atom is -0.345 e. The fourth-order valence-electron chi connectivity index (χ4n) is 2.51. The van der Waals surface area contributed by atoms with E-state index in [1.165, 1.54) is 12.8 Å². The maximum Gasteiger partial charge on any atom is 0.214 e. The van der Waals surface area contributed by atoms with Crippen molar-refractivity contribution in [3.8, 4) is 0 Å². The van der Waals surface area contributed by atoms with Crippen LogP contribution in [0.4, 0.5) is 5.13 Å². The summed E-state index contributed by atoms with van der Waals surface area (Å²) in [5, 5.41) is 6.30. The second-order valence-electron chi connectivity index (χ2n) is 5.60. The van der Waals surface area contributed by atoms with Crippen LogP contribution in [0, 0.1) is 0 Å². The molecule has 21 heavy (non-hydrogen) atoms. The van der Waals surface area contributed by atoms with Crippen molar-refractivity contribution in [1.82, 2.24) is 14.6 Å². The van der Waals surface area contributed by atoms with Crippen molar-refractivity contribution in [3.05, 3.63) is 11.6 Å². The molecule has 1 aromatic rings. The average molecular weight is 330 g/mol. The van der Waals surface area contributed by atoms with Crippen LogP contribution in [-0.4, -0.2) is 62.2 Å². The first-order valence-electron chi connectivity index (χ1n) is 7.51. The van der Waals surface area contributed by atoms with Gasteiger partial charge in [-0.3, -0.25) is 0 Å². The number of nitrogens with one attached hydrogen (secondary N) is 1.